The third kappa shape index (κ3) is 8.37. The number of aryl methyl sites for hydroxylation is 2. The first-order valence-electron chi connectivity index (χ1n) is 9.95. The minimum Gasteiger partial charge on any atom is -0.368 e. The van der Waals surface area contributed by atoms with E-state index in [2.05, 4.69) is 85.7 Å². The number of rotatable bonds is 3. The average Bonchev–Trinajstić information content (AvgIpc) is 2.66. The number of hydrogen-bond acceptors (Lipinski definition) is 4. The van der Waals surface area contributed by atoms with E-state index < -0.39 is 0 Å². The van der Waals surface area contributed by atoms with Crippen molar-refractivity contribution in [1.29, 1.82) is 0 Å². The van der Waals surface area contributed by atoms with Gasteiger partial charge in [-0.25, -0.2) is 0 Å². The normalized spacial score (nSPS) is 13.2. The van der Waals surface area contributed by atoms with Crippen LogP contribution in [0.4, 0.5) is 5.69 Å². The summed E-state index contributed by atoms with van der Waals surface area (Å²) in [6, 6.07) is 15.5. The van der Waals surface area contributed by atoms with E-state index in [-0.39, 0.29) is 0 Å². The Hall–Kier alpha value is -1.49. The fourth-order valence-electron chi connectivity index (χ4n) is 2.74. The van der Waals surface area contributed by atoms with Crippen LogP contribution in [0.2, 0.25) is 0 Å². The van der Waals surface area contributed by atoms with Crippen LogP contribution in [0.25, 0.3) is 0 Å². The largest absolute Gasteiger partial charge is 0.368 e. The molecule has 3 nitrogen and oxygen atoms in total. The van der Waals surface area contributed by atoms with Gasteiger partial charge in [-0.15, -0.1) is 0 Å². The summed E-state index contributed by atoms with van der Waals surface area (Å²) in [6.45, 7) is 12.9. The lowest BCUT2D eigenvalue weighted by Crippen LogP contribution is -2.43. The number of benzene rings is 2. The summed E-state index contributed by atoms with van der Waals surface area (Å²) < 4.78 is 0. The molecule has 150 valence electrons. The molecule has 2 aromatic carbocycles. The number of nitrogens with zero attached hydrogens (tertiary/aromatic N) is 1. The molecule has 1 aliphatic heterocycles. The molecule has 27 heavy (non-hydrogen) atoms. The maximum absolute atomic E-state index is 3.42. The average molecular weight is 388 g/mol. The van der Waals surface area contributed by atoms with E-state index in [1.54, 1.807) is 0 Å². The zero-order chi connectivity index (χ0) is 20.1. The third-order valence-corrected chi connectivity index (χ3v) is 5.12. The Bertz CT molecular complexity index is 650. The van der Waals surface area contributed by atoms with Crippen LogP contribution in [0, 0.1) is 13.8 Å². The summed E-state index contributed by atoms with van der Waals surface area (Å²) >= 11 is 1.88. The highest BCUT2D eigenvalue weighted by molar-refractivity contribution is 7.99. The second kappa shape index (κ2) is 13.6. The van der Waals surface area contributed by atoms with E-state index in [9.17, 15) is 0 Å². The van der Waals surface area contributed by atoms with E-state index >= 15 is 0 Å². The predicted molar refractivity (Wildman–Crippen MR) is 123 cm³/mol. The molecule has 0 amide bonds. The molecule has 0 bridgehead atoms. The topological polar surface area (TPSA) is 27.3 Å². The molecule has 1 fully saturated rings. The third-order valence-electron chi connectivity index (χ3n) is 3.87. The summed E-state index contributed by atoms with van der Waals surface area (Å²) in [5.41, 5.74) is 4.05. The second-order valence-corrected chi connectivity index (χ2v) is 7.87. The predicted octanol–water partition coefficient (Wildman–Crippen LogP) is 5.12. The Morgan fingerprint density at radius 3 is 2.15 bits per heavy atom. The number of anilines is 1. The molecule has 4 heteroatoms. The fraction of sp³-hybridized carbons (Fsp3) is 0.478. The second-order valence-electron chi connectivity index (χ2n) is 6.78. The Morgan fingerprint density at radius 1 is 0.963 bits per heavy atom. The van der Waals surface area contributed by atoms with Crippen LogP contribution in [0.5, 0.6) is 0 Å². The van der Waals surface area contributed by atoms with Gasteiger partial charge >= 0.3 is 0 Å². The van der Waals surface area contributed by atoms with Gasteiger partial charge in [-0.2, -0.15) is 0 Å². The Labute approximate surface area is 170 Å². The van der Waals surface area contributed by atoms with Crippen molar-refractivity contribution in [2.45, 2.75) is 43.9 Å². The molecule has 0 atom stereocenters. The first kappa shape index (κ1) is 23.5. The fourth-order valence-corrected chi connectivity index (χ4v) is 3.78. The van der Waals surface area contributed by atoms with Gasteiger partial charge in [0.2, 0.25) is 0 Å². The van der Waals surface area contributed by atoms with Crippen molar-refractivity contribution in [2.24, 2.45) is 0 Å². The van der Waals surface area contributed by atoms with Crippen molar-refractivity contribution < 1.29 is 0 Å². The quantitative estimate of drug-likeness (QED) is 0.765. The zero-order valence-corrected chi connectivity index (χ0v) is 18.7. The molecule has 0 spiro atoms. The van der Waals surface area contributed by atoms with Crippen molar-refractivity contribution >= 4 is 17.4 Å². The standard InChI is InChI=1S/C18H22N2S.C3H8.C2H7N/c1-14-7-8-17(15(2)13-14)21-18-6-4-3-5-16(18)20-11-9-19-10-12-20;2*1-3-2/h3-8,13,19H,9-12H2,1-2H3;3H2,1-2H3;3H,1-2H3. The molecule has 3 rings (SSSR count). The molecule has 1 saturated heterocycles. The zero-order valence-electron chi connectivity index (χ0n) is 17.9. The molecule has 0 saturated carbocycles. The Kier molecular flexibility index (Phi) is 11.9. The van der Waals surface area contributed by atoms with Gasteiger partial charge < -0.3 is 15.5 Å². The SMILES string of the molecule is CCC.CNC.Cc1ccc(Sc2ccccc2N2CCNCC2)c(C)c1. The van der Waals surface area contributed by atoms with Gasteiger partial charge in [-0.05, 0) is 51.7 Å². The lowest BCUT2D eigenvalue weighted by molar-refractivity contribution is 0.587. The molecular formula is C23H37N3S. The highest BCUT2D eigenvalue weighted by Gasteiger charge is 2.14. The summed E-state index contributed by atoms with van der Waals surface area (Å²) in [7, 11) is 3.75. The van der Waals surface area contributed by atoms with Gasteiger partial charge in [0.25, 0.3) is 0 Å². The number of para-hydroxylation sites is 1. The van der Waals surface area contributed by atoms with Crippen molar-refractivity contribution in [3.8, 4) is 0 Å². The van der Waals surface area contributed by atoms with Gasteiger partial charge in [0.05, 0.1) is 5.69 Å². The highest BCUT2D eigenvalue weighted by Crippen LogP contribution is 2.37. The van der Waals surface area contributed by atoms with Crippen LogP contribution in [-0.4, -0.2) is 40.3 Å². The van der Waals surface area contributed by atoms with Crippen LogP contribution in [0.15, 0.2) is 52.3 Å². The van der Waals surface area contributed by atoms with Crippen LogP contribution in [-0.2, 0) is 0 Å². The van der Waals surface area contributed by atoms with E-state index in [1.807, 2.05) is 25.9 Å². The van der Waals surface area contributed by atoms with Gasteiger partial charge in [0.15, 0.2) is 0 Å². The van der Waals surface area contributed by atoms with Gasteiger partial charge in [-0.3, -0.25) is 0 Å². The first-order valence-corrected chi connectivity index (χ1v) is 10.8. The van der Waals surface area contributed by atoms with Crippen molar-refractivity contribution in [1.82, 2.24) is 10.6 Å². The lowest BCUT2D eigenvalue weighted by atomic mass is 10.2. The molecule has 0 radical (unpaired) electrons. The number of hydrogen-bond donors (Lipinski definition) is 2. The lowest BCUT2D eigenvalue weighted by Gasteiger charge is -2.31. The van der Waals surface area contributed by atoms with Crippen LogP contribution >= 0.6 is 11.8 Å². The molecule has 2 N–H and O–H groups in total. The molecule has 0 aliphatic carbocycles. The van der Waals surface area contributed by atoms with Crippen LogP contribution in [0.3, 0.4) is 0 Å². The molecule has 0 aromatic heterocycles. The Morgan fingerprint density at radius 2 is 1.56 bits per heavy atom. The monoisotopic (exact) mass is 387 g/mol. The molecule has 1 heterocycles. The van der Waals surface area contributed by atoms with E-state index in [4.69, 9.17) is 0 Å². The summed E-state index contributed by atoms with van der Waals surface area (Å²) in [5.74, 6) is 0. The summed E-state index contributed by atoms with van der Waals surface area (Å²) in [6.07, 6.45) is 1.25. The van der Waals surface area contributed by atoms with Gasteiger partial charge in [0.1, 0.15) is 0 Å². The smallest absolute Gasteiger partial charge is 0.0508 e. The highest BCUT2D eigenvalue weighted by atomic mass is 32.2. The summed E-state index contributed by atoms with van der Waals surface area (Å²) in [5, 5.41) is 6.17. The molecule has 0 unspecified atom stereocenters. The maximum Gasteiger partial charge on any atom is 0.0508 e. The van der Waals surface area contributed by atoms with Gasteiger partial charge in [-0.1, -0.05) is 61.9 Å². The van der Waals surface area contributed by atoms with Crippen molar-refractivity contribution in [3.05, 3.63) is 53.6 Å². The summed E-state index contributed by atoms with van der Waals surface area (Å²) in [4.78, 5) is 5.19. The maximum atomic E-state index is 3.42. The Balaban J connectivity index is 0.000000540. The minimum absolute atomic E-state index is 1.07. The molecular weight excluding hydrogens is 350 g/mol. The van der Waals surface area contributed by atoms with Gasteiger partial charge in [0, 0.05) is 36.0 Å². The number of nitrogens with one attached hydrogen (secondary N) is 2. The van der Waals surface area contributed by atoms with Crippen LogP contribution in [0.1, 0.15) is 31.4 Å². The van der Waals surface area contributed by atoms with E-state index in [1.165, 1.54) is 33.0 Å². The number of piperazine rings is 1. The van der Waals surface area contributed by atoms with E-state index in [0.717, 1.165) is 26.2 Å². The minimum atomic E-state index is 1.07. The first-order chi connectivity index (χ1) is 13.1. The molecule has 1 aliphatic rings. The van der Waals surface area contributed by atoms with Crippen molar-refractivity contribution in [3.63, 3.8) is 0 Å². The van der Waals surface area contributed by atoms with E-state index in [0.29, 0.717) is 0 Å². The molecule has 2 aromatic rings. The van der Waals surface area contributed by atoms with Crippen molar-refractivity contribution in [2.75, 3.05) is 45.2 Å². The van der Waals surface area contributed by atoms with Crippen LogP contribution < -0.4 is 15.5 Å².